The molecule has 20 heavy (non-hydrogen) atoms. The number of amides is 1. The number of nitrogens with zero attached hydrogens (tertiary/aromatic N) is 1. The van der Waals surface area contributed by atoms with E-state index in [2.05, 4.69) is 24.1 Å². The molecule has 1 amide bonds. The molecule has 1 aromatic rings. The van der Waals surface area contributed by atoms with E-state index in [1.807, 2.05) is 24.3 Å². The summed E-state index contributed by atoms with van der Waals surface area (Å²) in [4.78, 5) is 14.0. The molecule has 0 heterocycles. The molecule has 1 N–H and O–H groups in total. The average Bonchev–Trinajstić information content (AvgIpc) is 2.47. The maximum Gasteiger partial charge on any atom is 0.243 e. The van der Waals surface area contributed by atoms with Crippen LogP contribution in [-0.4, -0.2) is 37.0 Å². The van der Waals surface area contributed by atoms with Crippen molar-refractivity contribution in [2.45, 2.75) is 20.3 Å². The Morgan fingerprint density at radius 3 is 2.50 bits per heavy atom. The fourth-order valence-electron chi connectivity index (χ4n) is 1.86. The molecule has 3 nitrogen and oxygen atoms in total. The molecule has 1 rings (SSSR count). The molecule has 0 fully saturated rings. The maximum absolute atomic E-state index is 11.6. The summed E-state index contributed by atoms with van der Waals surface area (Å²) >= 11 is 5.80. The van der Waals surface area contributed by atoms with E-state index in [1.54, 1.807) is 12.2 Å². The van der Waals surface area contributed by atoms with E-state index in [-0.39, 0.29) is 5.91 Å². The quantitative estimate of drug-likeness (QED) is 0.590. The van der Waals surface area contributed by atoms with Crippen molar-refractivity contribution in [2.24, 2.45) is 0 Å². The third kappa shape index (κ3) is 6.73. The molecule has 4 heteroatoms. The summed E-state index contributed by atoms with van der Waals surface area (Å²) in [5.74, 6) is -0.0560. The van der Waals surface area contributed by atoms with Gasteiger partial charge in [-0.3, -0.25) is 4.79 Å². The van der Waals surface area contributed by atoms with Crippen LogP contribution in [0.4, 0.5) is 0 Å². The first kappa shape index (κ1) is 16.7. The maximum atomic E-state index is 11.6. The number of nitrogens with one attached hydrogen (secondary N) is 1. The highest BCUT2D eigenvalue weighted by molar-refractivity contribution is 6.30. The minimum atomic E-state index is -0.0560. The van der Waals surface area contributed by atoms with Crippen molar-refractivity contribution < 1.29 is 4.79 Å². The van der Waals surface area contributed by atoms with Crippen LogP contribution in [0.1, 0.15) is 25.8 Å². The predicted molar refractivity (Wildman–Crippen MR) is 85.9 cm³/mol. The smallest absolute Gasteiger partial charge is 0.243 e. The Morgan fingerprint density at radius 2 is 1.90 bits per heavy atom. The van der Waals surface area contributed by atoms with Crippen molar-refractivity contribution in [3.05, 3.63) is 40.9 Å². The van der Waals surface area contributed by atoms with E-state index >= 15 is 0 Å². The van der Waals surface area contributed by atoms with Gasteiger partial charge < -0.3 is 10.2 Å². The van der Waals surface area contributed by atoms with E-state index in [4.69, 9.17) is 11.6 Å². The fraction of sp³-hybridized carbons (Fsp3) is 0.438. The molecular weight excluding hydrogens is 272 g/mol. The number of hydrogen-bond donors (Lipinski definition) is 1. The Bertz CT molecular complexity index is 425. The molecule has 0 aliphatic rings. The second-order valence-electron chi connectivity index (χ2n) is 4.56. The molecule has 0 saturated heterocycles. The SMILES string of the molecule is CCN(CC)CCCNC(=O)/C=C/c1ccc(Cl)cc1. The minimum Gasteiger partial charge on any atom is -0.353 e. The van der Waals surface area contributed by atoms with Crippen LogP contribution in [0, 0.1) is 0 Å². The van der Waals surface area contributed by atoms with Gasteiger partial charge in [0, 0.05) is 17.6 Å². The van der Waals surface area contributed by atoms with Gasteiger partial charge in [0.2, 0.25) is 5.91 Å². The van der Waals surface area contributed by atoms with Crippen LogP contribution in [-0.2, 0) is 4.79 Å². The Kier molecular flexibility index (Phi) is 8.00. The Balaban J connectivity index is 2.24. The van der Waals surface area contributed by atoms with Crippen LogP contribution in [0.15, 0.2) is 30.3 Å². The summed E-state index contributed by atoms with van der Waals surface area (Å²) in [7, 11) is 0. The molecule has 0 spiro atoms. The number of rotatable bonds is 8. The first-order valence-corrected chi connectivity index (χ1v) is 7.47. The van der Waals surface area contributed by atoms with Crippen molar-refractivity contribution >= 4 is 23.6 Å². The van der Waals surface area contributed by atoms with Gasteiger partial charge in [-0.15, -0.1) is 0 Å². The molecular formula is C16H23ClN2O. The number of carbonyl (C=O) groups is 1. The molecule has 110 valence electrons. The van der Waals surface area contributed by atoms with Gasteiger partial charge in [0.15, 0.2) is 0 Å². The Morgan fingerprint density at radius 1 is 1.25 bits per heavy atom. The van der Waals surface area contributed by atoms with Gasteiger partial charge in [0.05, 0.1) is 0 Å². The third-order valence-corrected chi connectivity index (χ3v) is 3.39. The van der Waals surface area contributed by atoms with Gasteiger partial charge in [-0.05, 0) is 49.8 Å². The molecule has 0 aliphatic carbocycles. The predicted octanol–water partition coefficient (Wildman–Crippen LogP) is 3.20. The van der Waals surface area contributed by atoms with Crippen LogP contribution in [0.2, 0.25) is 5.02 Å². The molecule has 0 aliphatic heterocycles. The van der Waals surface area contributed by atoms with Gasteiger partial charge >= 0.3 is 0 Å². The monoisotopic (exact) mass is 294 g/mol. The largest absolute Gasteiger partial charge is 0.353 e. The van der Waals surface area contributed by atoms with Crippen LogP contribution >= 0.6 is 11.6 Å². The van der Waals surface area contributed by atoms with Crippen molar-refractivity contribution in [2.75, 3.05) is 26.2 Å². The zero-order valence-corrected chi connectivity index (χ0v) is 13.0. The van der Waals surface area contributed by atoms with E-state index in [0.29, 0.717) is 11.6 Å². The Labute approximate surface area is 126 Å². The van der Waals surface area contributed by atoms with Gasteiger partial charge in [-0.2, -0.15) is 0 Å². The molecule has 0 atom stereocenters. The molecule has 0 bridgehead atoms. The normalized spacial score (nSPS) is 11.2. The molecule has 0 saturated carbocycles. The van der Waals surface area contributed by atoms with Gasteiger partial charge in [-0.1, -0.05) is 37.6 Å². The van der Waals surface area contributed by atoms with Crippen molar-refractivity contribution in [1.82, 2.24) is 10.2 Å². The standard InChI is InChI=1S/C16H23ClN2O/c1-3-19(4-2)13-5-12-18-16(20)11-8-14-6-9-15(17)10-7-14/h6-11H,3-5,12-13H2,1-2H3,(H,18,20)/b11-8+. The first-order valence-electron chi connectivity index (χ1n) is 7.09. The summed E-state index contributed by atoms with van der Waals surface area (Å²) in [6.07, 6.45) is 4.32. The highest BCUT2D eigenvalue weighted by atomic mass is 35.5. The van der Waals surface area contributed by atoms with Crippen LogP contribution in [0.25, 0.3) is 6.08 Å². The second kappa shape index (κ2) is 9.56. The summed E-state index contributed by atoms with van der Waals surface area (Å²) in [6, 6.07) is 7.38. The number of hydrogen-bond acceptors (Lipinski definition) is 2. The summed E-state index contributed by atoms with van der Waals surface area (Å²) < 4.78 is 0. The first-order chi connectivity index (χ1) is 9.65. The number of benzene rings is 1. The van der Waals surface area contributed by atoms with Gasteiger partial charge in [-0.25, -0.2) is 0 Å². The average molecular weight is 295 g/mol. The third-order valence-electron chi connectivity index (χ3n) is 3.14. The fourth-order valence-corrected chi connectivity index (χ4v) is 1.98. The van der Waals surface area contributed by atoms with E-state index < -0.39 is 0 Å². The molecule has 0 radical (unpaired) electrons. The van der Waals surface area contributed by atoms with Gasteiger partial charge in [0.25, 0.3) is 0 Å². The summed E-state index contributed by atoms with van der Waals surface area (Å²) in [5, 5.41) is 3.59. The lowest BCUT2D eigenvalue weighted by Crippen LogP contribution is -2.29. The van der Waals surface area contributed by atoms with Crippen molar-refractivity contribution in [1.29, 1.82) is 0 Å². The summed E-state index contributed by atoms with van der Waals surface area (Å²) in [6.45, 7) is 8.14. The van der Waals surface area contributed by atoms with E-state index in [1.165, 1.54) is 0 Å². The Hall–Kier alpha value is -1.32. The number of carbonyl (C=O) groups excluding carboxylic acids is 1. The molecule has 0 unspecified atom stereocenters. The highest BCUT2D eigenvalue weighted by Gasteiger charge is 1.99. The van der Waals surface area contributed by atoms with E-state index in [0.717, 1.165) is 31.6 Å². The van der Waals surface area contributed by atoms with Crippen molar-refractivity contribution in [3.8, 4) is 0 Å². The minimum absolute atomic E-state index is 0.0560. The highest BCUT2D eigenvalue weighted by Crippen LogP contribution is 2.10. The lowest BCUT2D eigenvalue weighted by atomic mass is 10.2. The second-order valence-corrected chi connectivity index (χ2v) is 4.99. The molecule has 0 aromatic heterocycles. The lowest BCUT2D eigenvalue weighted by Gasteiger charge is -2.17. The zero-order valence-electron chi connectivity index (χ0n) is 12.2. The van der Waals surface area contributed by atoms with Crippen LogP contribution < -0.4 is 5.32 Å². The van der Waals surface area contributed by atoms with Crippen LogP contribution in [0.5, 0.6) is 0 Å². The van der Waals surface area contributed by atoms with E-state index in [9.17, 15) is 4.79 Å². The zero-order chi connectivity index (χ0) is 14.8. The van der Waals surface area contributed by atoms with Crippen LogP contribution in [0.3, 0.4) is 0 Å². The lowest BCUT2D eigenvalue weighted by molar-refractivity contribution is -0.116. The summed E-state index contributed by atoms with van der Waals surface area (Å²) in [5.41, 5.74) is 0.965. The topological polar surface area (TPSA) is 32.3 Å². The number of halogens is 1. The van der Waals surface area contributed by atoms with Crippen molar-refractivity contribution in [3.63, 3.8) is 0 Å². The van der Waals surface area contributed by atoms with Gasteiger partial charge in [0.1, 0.15) is 0 Å². The molecule has 1 aromatic carbocycles.